The summed E-state index contributed by atoms with van der Waals surface area (Å²) in [4.78, 5) is 34.5. The first kappa shape index (κ1) is 13.7. The highest BCUT2D eigenvalue weighted by molar-refractivity contribution is 5.98. The molecule has 1 aromatic rings. The highest BCUT2D eigenvalue weighted by Crippen LogP contribution is 2.24. The SMILES string of the molecule is C=C(CN1CCc2ccc([N+](=O)[O-])cc2C1=O)C(=O)O. The summed E-state index contributed by atoms with van der Waals surface area (Å²) < 4.78 is 0. The van der Waals surface area contributed by atoms with Crippen LogP contribution in [0.15, 0.2) is 30.4 Å². The summed E-state index contributed by atoms with van der Waals surface area (Å²) in [6.45, 7) is 3.67. The van der Waals surface area contributed by atoms with Gasteiger partial charge in [0.15, 0.2) is 0 Å². The van der Waals surface area contributed by atoms with Crippen molar-refractivity contribution in [1.29, 1.82) is 0 Å². The number of carbonyl (C=O) groups is 2. The van der Waals surface area contributed by atoms with Crippen LogP contribution < -0.4 is 0 Å². The van der Waals surface area contributed by atoms with E-state index in [9.17, 15) is 19.7 Å². The molecule has 0 radical (unpaired) electrons. The smallest absolute Gasteiger partial charge is 0.332 e. The lowest BCUT2D eigenvalue weighted by Gasteiger charge is -2.28. The normalized spacial score (nSPS) is 13.8. The van der Waals surface area contributed by atoms with Gasteiger partial charge >= 0.3 is 5.97 Å². The Morgan fingerprint density at radius 2 is 2.20 bits per heavy atom. The van der Waals surface area contributed by atoms with E-state index in [1.807, 2.05) is 0 Å². The third-order valence-corrected chi connectivity index (χ3v) is 3.16. The zero-order valence-electron chi connectivity index (χ0n) is 10.5. The number of nitro groups is 1. The van der Waals surface area contributed by atoms with E-state index < -0.39 is 16.8 Å². The molecule has 0 aromatic heterocycles. The molecular weight excluding hydrogens is 264 g/mol. The fraction of sp³-hybridized carbons (Fsp3) is 0.231. The Morgan fingerprint density at radius 3 is 2.80 bits per heavy atom. The lowest BCUT2D eigenvalue weighted by Crippen LogP contribution is -2.39. The second-order valence-electron chi connectivity index (χ2n) is 4.48. The zero-order chi connectivity index (χ0) is 14.9. The van der Waals surface area contributed by atoms with E-state index in [0.717, 1.165) is 5.56 Å². The van der Waals surface area contributed by atoms with Crippen LogP contribution in [0.3, 0.4) is 0 Å². The molecule has 1 aromatic carbocycles. The molecule has 0 fully saturated rings. The molecule has 104 valence electrons. The van der Waals surface area contributed by atoms with Crippen LogP contribution in [-0.4, -0.2) is 39.9 Å². The fourth-order valence-corrected chi connectivity index (χ4v) is 2.07. The number of carboxylic acid groups (broad SMARTS) is 1. The highest BCUT2D eigenvalue weighted by atomic mass is 16.6. The number of carbonyl (C=O) groups excluding carboxylic acids is 1. The molecule has 0 atom stereocenters. The molecule has 7 nitrogen and oxygen atoms in total. The predicted octanol–water partition coefficient (Wildman–Crippen LogP) is 1.23. The van der Waals surface area contributed by atoms with Crippen LogP contribution in [0.25, 0.3) is 0 Å². The van der Waals surface area contributed by atoms with E-state index in [-0.39, 0.29) is 23.4 Å². The number of rotatable bonds is 4. The number of carboxylic acids is 1. The van der Waals surface area contributed by atoms with Crippen LogP contribution >= 0.6 is 0 Å². The molecule has 0 unspecified atom stereocenters. The van der Waals surface area contributed by atoms with E-state index in [1.54, 1.807) is 6.07 Å². The van der Waals surface area contributed by atoms with Crippen molar-refractivity contribution in [2.45, 2.75) is 6.42 Å². The Kier molecular flexibility index (Phi) is 3.51. The minimum absolute atomic E-state index is 0.0870. The van der Waals surface area contributed by atoms with E-state index in [4.69, 9.17) is 5.11 Å². The first-order chi connectivity index (χ1) is 9.40. The van der Waals surface area contributed by atoms with Crippen molar-refractivity contribution in [1.82, 2.24) is 4.90 Å². The van der Waals surface area contributed by atoms with Gasteiger partial charge in [0.05, 0.1) is 11.5 Å². The number of hydrogen-bond donors (Lipinski definition) is 1. The largest absolute Gasteiger partial charge is 0.478 e. The van der Waals surface area contributed by atoms with Crippen molar-refractivity contribution < 1.29 is 19.6 Å². The van der Waals surface area contributed by atoms with Crippen molar-refractivity contribution in [3.63, 3.8) is 0 Å². The zero-order valence-corrected chi connectivity index (χ0v) is 10.5. The topological polar surface area (TPSA) is 101 Å². The van der Waals surface area contributed by atoms with Gasteiger partial charge in [0.1, 0.15) is 0 Å². The first-order valence-corrected chi connectivity index (χ1v) is 5.88. The molecule has 2 rings (SSSR count). The number of nitro benzene ring substituents is 1. The third-order valence-electron chi connectivity index (χ3n) is 3.16. The van der Waals surface area contributed by atoms with E-state index in [0.29, 0.717) is 13.0 Å². The fourth-order valence-electron chi connectivity index (χ4n) is 2.07. The van der Waals surface area contributed by atoms with Gasteiger partial charge in [0.2, 0.25) is 0 Å². The molecule has 7 heteroatoms. The van der Waals surface area contributed by atoms with Crippen LogP contribution in [-0.2, 0) is 11.2 Å². The molecule has 1 aliphatic rings. The van der Waals surface area contributed by atoms with E-state index in [2.05, 4.69) is 6.58 Å². The lowest BCUT2D eigenvalue weighted by molar-refractivity contribution is -0.384. The van der Waals surface area contributed by atoms with Gasteiger partial charge in [-0.3, -0.25) is 14.9 Å². The Bertz CT molecular complexity index is 623. The summed E-state index contributed by atoms with van der Waals surface area (Å²) >= 11 is 0. The Labute approximate surface area is 114 Å². The minimum Gasteiger partial charge on any atom is -0.478 e. The maximum Gasteiger partial charge on any atom is 0.332 e. The number of hydrogen-bond acceptors (Lipinski definition) is 4. The molecule has 1 heterocycles. The number of benzene rings is 1. The first-order valence-electron chi connectivity index (χ1n) is 5.88. The van der Waals surface area contributed by atoms with Crippen molar-refractivity contribution in [3.05, 3.63) is 51.6 Å². The quantitative estimate of drug-likeness (QED) is 0.506. The molecule has 0 spiro atoms. The van der Waals surface area contributed by atoms with Crippen molar-refractivity contribution in [3.8, 4) is 0 Å². The van der Waals surface area contributed by atoms with Crippen LogP contribution in [0.1, 0.15) is 15.9 Å². The van der Waals surface area contributed by atoms with Gasteiger partial charge in [-0.1, -0.05) is 12.6 Å². The molecule has 0 saturated heterocycles. The second kappa shape index (κ2) is 5.12. The number of aliphatic carboxylic acids is 1. The molecule has 1 amide bonds. The van der Waals surface area contributed by atoms with E-state index in [1.165, 1.54) is 17.0 Å². The summed E-state index contributed by atoms with van der Waals surface area (Å²) in [5.74, 6) is -1.57. The van der Waals surface area contributed by atoms with Gasteiger partial charge in [-0.15, -0.1) is 0 Å². The number of non-ortho nitro benzene ring substituents is 1. The van der Waals surface area contributed by atoms with Gasteiger partial charge in [0, 0.05) is 29.8 Å². The molecule has 1 N–H and O–H groups in total. The summed E-state index contributed by atoms with van der Waals surface area (Å²) in [7, 11) is 0. The predicted molar refractivity (Wildman–Crippen MR) is 69.5 cm³/mol. The number of nitrogens with zero attached hydrogens (tertiary/aromatic N) is 2. The molecular formula is C13H12N2O5. The average Bonchev–Trinajstić information content (AvgIpc) is 2.41. The van der Waals surface area contributed by atoms with Crippen LogP contribution in [0, 0.1) is 10.1 Å². The van der Waals surface area contributed by atoms with Gasteiger partial charge in [-0.05, 0) is 12.0 Å². The second-order valence-corrected chi connectivity index (χ2v) is 4.48. The summed E-state index contributed by atoms with van der Waals surface area (Å²) in [5, 5.41) is 19.5. The van der Waals surface area contributed by atoms with Crippen molar-refractivity contribution >= 4 is 17.6 Å². The third kappa shape index (κ3) is 2.51. The summed E-state index contributed by atoms with van der Waals surface area (Å²) in [5.41, 5.74) is 0.740. The Morgan fingerprint density at radius 1 is 1.50 bits per heavy atom. The minimum atomic E-state index is -1.16. The number of fused-ring (bicyclic) bond motifs is 1. The molecule has 20 heavy (non-hydrogen) atoms. The van der Waals surface area contributed by atoms with Crippen molar-refractivity contribution in [2.24, 2.45) is 0 Å². The van der Waals surface area contributed by atoms with Gasteiger partial charge < -0.3 is 10.0 Å². The molecule has 0 saturated carbocycles. The maximum atomic E-state index is 12.2. The monoisotopic (exact) mass is 276 g/mol. The Hall–Kier alpha value is -2.70. The van der Waals surface area contributed by atoms with Crippen LogP contribution in [0.2, 0.25) is 0 Å². The number of amides is 1. The average molecular weight is 276 g/mol. The summed E-state index contributed by atoms with van der Waals surface area (Å²) in [6.07, 6.45) is 0.534. The summed E-state index contributed by atoms with van der Waals surface area (Å²) in [6, 6.07) is 4.15. The van der Waals surface area contributed by atoms with Crippen LogP contribution in [0.5, 0.6) is 0 Å². The maximum absolute atomic E-state index is 12.2. The molecule has 0 bridgehead atoms. The highest BCUT2D eigenvalue weighted by Gasteiger charge is 2.27. The van der Waals surface area contributed by atoms with Crippen molar-refractivity contribution in [2.75, 3.05) is 13.1 Å². The van der Waals surface area contributed by atoms with Crippen LogP contribution in [0.4, 0.5) is 5.69 Å². The van der Waals surface area contributed by atoms with Gasteiger partial charge in [0.25, 0.3) is 11.6 Å². The van der Waals surface area contributed by atoms with Gasteiger partial charge in [-0.2, -0.15) is 0 Å². The molecule has 1 aliphatic heterocycles. The van der Waals surface area contributed by atoms with Gasteiger partial charge in [-0.25, -0.2) is 4.79 Å². The Balaban J connectivity index is 2.28. The standard InChI is InChI=1S/C13H12N2O5/c1-8(13(17)18)7-14-5-4-9-2-3-10(15(19)20)6-11(9)12(14)16/h2-3,6H,1,4-5,7H2,(H,17,18). The van der Waals surface area contributed by atoms with E-state index >= 15 is 0 Å². The lowest BCUT2D eigenvalue weighted by atomic mass is 9.98. The molecule has 0 aliphatic carbocycles.